The molecule has 1 fully saturated rings. The van der Waals surface area contributed by atoms with Gasteiger partial charge in [0.05, 0.1) is 28.2 Å². The lowest BCUT2D eigenvalue weighted by molar-refractivity contribution is -0.131. The van der Waals surface area contributed by atoms with E-state index in [0.717, 1.165) is 62.0 Å². The number of aromatic amines is 1. The van der Waals surface area contributed by atoms with Crippen molar-refractivity contribution in [2.75, 3.05) is 43.4 Å². The van der Waals surface area contributed by atoms with Crippen LogP contribution in [0.2, 0.25) is 0 Å². The zero-order chi connectivity index (χ0) is 45.4. The van der Waals surface area contributed by atoms with Crippen LogP contribution in [0.25, 0.3) is 21.9 Å². The van der Waals surface area contributed by atoms with Gasteiger partial charge in [-0.3, -0.25) is 14.4 Å². The summed E-state index contributed by atoms with van der Waals surface area (Å²) in [5, 5.41) is 15.9. The number of rotatable bonds is 13. The number of ether oxygens (including phenoxy) is 1. The van der Waals surface area contributed by atoms with Gasteiger partial charge >= 0.3 is 6.09 Å². The molecule has 0 unspecified atom stereocenters. The summed E-state index contributed by atoms with van der Waals surface area (Å²) in [4.78, 5) is 65.7. The Morgan fingerprint density at radius 2 is 1.79 bits per heavy atom. The number of nitrogens with two attached hydrogens (primary N) is 2. The monoisotopic (exact) mass is 856 g/mol. The second kappa shape index (κ2) is 17.8. The number of nitrogens with one attached hydrogen (secondary N) is 3. The van der Waals surface area contributed by atoms with Crippen LogP contribution in [0.5, 0.6) is 0 Å². The van der Waals surface area contributed by atoms with Crippen molar-refractivity contribution in [2.45, 2.75) is 110 Å². The van der Waals surface area contributed by atoms with Gasteiger partial charge in [-0.15, -0.1) is 0 Å². The van der Waals surface area contributed by atoms with Crippen LogP contribution in [0.1, 0.15) is 112 Å². The lowest BCUT2D eigenvalue weighted by Crippen LogP contribution is -2.51. The standard InChI is InChI=1S/C48H60N10O5/c1-8-31-24-33-34(48(6,7)43-41(42(33)60)32-14-11-30(27-50)23-36(32)53-43)25-39(31)56-18-20-57(21-19-56)40(59)16-13-29-12-15-38-37(22-29)54-45(51)58(38)17-9-10-35(44(61)52-28(2)26-49)55-46(62)63-47(3,4)5/h11-12,14-15,22-25,28,35,53H,8-10,13,16-21,26,49H2,1-7H3,(H2,51,54)(H,52,61)(H,55,62)/t28-,35+/m1/s1. The van der Waals surface area contributed by atoms with Crippen molar-refractivity contribution in [1.82, 2.24) is 30.1 Å². The van der Waals surface area contributed by atoms with Crippen LogP contribution in [-0.2, 0) is 39.1 Å². The zero-order valence-electron chi connectivity index (χ0n) is 37.5. The molecule has 3 aromatic carbocycles. The third-order valence-electron chi connectivity index (χ3n) is 12.4. The van der Waals surface area contributed by atoms with E-state index in [1.165, 1.54) is 0 Å². The molecule has 2 aliphatic rings. The number of carbonyl (C=O) groups is 4. The topological polar surface area (TPSA) is 217 Å². The minimum Gasteiger partial charge on any atom is -0.444 e. The number of alkyl carbamates (subject to hydrolysis) is 1. The maximum absolute atomic E-state index is 14.1. The second-order valence-corrected chi connectivity index (χ2v) is 18.4. The van der Waals surface area contributed by atoms with Gasteiger partial charge in [0.25, 0.3) is 0 Å². The van der Waals surface area contributed by atoms with Crippen molar-refractivity contribution < 1.29 is 23.9 Å². The van der Waals surface area contributed by atoms with Crippen molar-refractivity contribution in [2.24, 2.45) is 5.73 Å². The van der Waals surface area contributed by atoms with Crippen molar-refractivity contribution in [3.8, 4) is 6.07 Å². The maximum Gasteiger partial charge on any atom is 0.408 e. The molecule has 1 aliphatic heterocycles. The predicted molar refractivity (Wildman–Crippen MR) is 245 cm³/mol. The van der Waals surface area contributed by atoms with Crippen molar-refractivity contribution in [3.05, 3.63) is 87.6 Å². The third kappa shape index (κ3) is 9.22. The number of piperazine rings is 1. The average molecular weight is 857 g/mol. The fraction of sp³-hybridized carbons (Fsp3) is 0.458. The molecule has 0 saturated carbocycles. The number of aromatic nitrogens is 3. The van der Waals surface area contributed by atoms with Gasteiger partial charge in [0.2, 0.25) is 17.8 Å². The molecule has 0 radical (unpaired) electrons. The fourth-order valence-electron chi connectivity index (χ4n) is 8.92. The summed E-state index contributed by atoms with van der Waals surface area (Å²) >= 11 is 0. The Morgan fingerprint density at radius 3 is 2.48 bits per heavy atom. The molecule has 0 bridgehead atoms. The highest BCUT2D eigenvalue weighted by molar-refractivity contribution is 6.20. The molecule has 1 saturated heterocycles. The first-order chi connectivity index (χ1) is 29.9. The highest BCUT2D eigenvalue weighted by Crippen LogP contribution is 2.46. The number of nitriles is 1. The van der Waals surface area contributed by atoms with E-state index < -0.39 is 23.2 Å². The SMILES string of the molecule is CCc1cc2c(cc1N1CCN(C(=O)CCc3ccc4c(c3)nc(N)n4CCC[C@H](NC(=O)OC(C)(C)C)C(=O)N[C@H](C)CN)CC1)C(C)(C)c1[nH]c3cc(C#N)ccc3c1C2=O. The number of nitrogens with zero attached hydrogens (tertiary/aromatic N) is 5. The van der Waals surface area contributed by atoms with Crippen LogP contribution < -0.4 is 27.0 Å². The molecule has 1 aliphatic carbocycles. The minimum absolute atomic E-state index is 0.00103. The van der Waals surface area contributed by atoms with E-state index in [9.17, 15) is 24.4 Å². The molecular weight excluding hydrogens is 797 g/mol. The summed E-state index contributed by atoms with van der Waals surface area (Å²) < 4.78 is 7.29. The Hall–Kier alpha value is -6.40. The Labute approximate surface area is 368 Å². The number of amides is 3. The number of benzene rings is 3. The first-order valence-electron chi connectivity index (χ1n) is 22.0. The molecule has 2 aromatic heterocycles. The number of nitrogen functional groups attached to an aromatic ring is 1. The van der Waals surface area contributed by atoms with E-state index in [-0.39, 0.29) is 30.2 Å². The van der Waals surface area contributed by atoms with Gasteiger partial charge in [-0.05, 0) is 106 Å². The van der Waals surface area contributed by atoms with Gasteiger partial charge in [-0.2, -0.15) is 5.26 Å². The maximum atomic E-state index is 14.1. The van der Waals surface area contributed by atoms with Crippen molar-refractivity contribution in [3.63, 3.8) is 0 Å². The predicted octanol–water partition coefficient (Wildman–Crippen LogP) is 5.82. The van der Waals surface area contributed by atoms with E-state index in [2.05, 4.69) is 64.5 Å². The number of fused-ring (bicyclic) bond motifs is 5. The van der Waals surface area contributed by atoms with Crippen LogP contribution in [0.3, 0.4) is 0 Å². The summed E-state index contributed by atoms with van der Waals surface area (Å²) in [5.41, 5.74) is 20.2. The van der Waals surface area contributed by atoms with Gasteiger partial charge in [-0.25, -0.2) is 9.78 Å². The normalized spacial score (nSPS) is 15.7. The van der Waals surface area contributed by atoms with Crippen LogP contribution in [0.4, 0.5) is 16.4 Å². The summed E-state index contributed by atoms with van der Waals surface area (Å²) in [5.74, 6) is 0.0961. The van der Waals surface area contributed by atoms with Crippen molar-refractivity contribution >= 4 is 57.3 Å². The largest absolute Gasteiger partial charge is 0.444 e. The lowest BCUT2D eigenvalue weighted by Gasteiger charge is -2.39. The van der Waals surface area contributed by atoms with Crippen LogP contribution in [0, 0.1) is 11.3 Å². The molecule has 3 amide bonds. The van der Waals surface area contributed by atoms with E-state index >= 15 is 0 Å². The Kier molecular flexibility index (Phi) is 12.6. The number of aryl methyl sites for hydroxylation is 3. The molecule has 332 valence electrons. The summed E-state index contributed by atoms with van der Waals surface area (Å²) in [6, 6.07) is 16.7. The highest BCUT2D eigenvalue weighted by atomic mass is 16.6. The van der Waals surface area contributed by atoms with Crippen LogP contribution >= 0.6 is 0 Å². The van der Waals surface area contributed by atoms with Gasteiger partial charge in [0.15, 0.2) is 5.78 Å². The first kappa shape index (κ1) is 44.6. The second-order valence-electron chi connectivity index (χ2n) is 18.4. The molecule has 7 N–H and O–H groups in total. The van der Waals surface area contributed by atoms with Crippen molar-refractivity contribution in [1.29, 1.82) is 5.26 Å². The zero-order valence-corrected chi connectivity index (χ0v) is 37.5. The van der Waals surface area contributed by atoms with Gasteiger partial charge in [0.1, 0.15) is 11.6 Å². The van der Waals surface area contributed by atoms with E-state index in [4.69, 9.17) is 16.2 Å². The average Bonchev–Trinajstić information content (AvgIpc) is 3.80. The Balaban J connectivity index is 0.963. The van der Waals surface area contributed by atoms with E-state index in [1.807, 2.05) is 39.8 Å². The van der Waals surface area contributed by atoms with Gasteiger partial charge < -0.3 is 46.2 Å². The lowest BCUT2D eigenvalue weighted by atomic mass is 9.70. The Bertz CT molecular complexity index is 2620. The molecule has 3 heterocycles. The fourth-order valence-corrected chi connectivity index (χ4v) is 8.92. The number of carbonyl (C=O) groups excluding carboxylic acids is 4. The quantitative estimate of drug-likeness (QED) is 0.0956. The third-order valence-corrected chi connectivity index (χ3v) is 12.4. The molecule has 2 atom stereocenters. The minimum atomic E-state index is -0.828. The molecule has 0 spiro atoms. The molecule has 5 aromatic rings. The number of anilines is 2. The first-order valence-corrected chi connectivity index (χ1v) is 22.0. The van der Waals surface area contributed by atoms with E-state index in [0.29, 0.717) is 75.5 Å². The molecular formula is C48H60N10O5. The van der Waals surface area contributed by atoms with Gasteiger partial charge in [-0.1, -0.05) is 32.9 Å². The van der Waals surface area contributed by atoms with Gasteiger partial charge in [0, 0.05) is 85.0 Å². The molecule has 15 nitrogen and oxygen atoms in total. The number of hydrogen-bond donors (Lipinski definition) is 5. The molecule has 7 rings (SSSR count). The number of hydrogen-bond acceptors (Lipinski definition) is 10. The smallest absolute Gasteiger partial charge is 0.408 e. The summed E-state index contributed by atoms with van der Waals surface area (Å²) in [6.07, 6.45) is 1.85. The number of H-pyrrole nitrogens is 1. The number of imidazole rings is 1. The Morgan fingerprint density at radius 1 is 1.05 bits per heavy atom. The van der Waals surface area contributed by atoms with Crippen LogP contribution in [-0.4, -0.2) is 93.5 Å². The molecule has 63 heavy (non-hydrogen) atoms. The van der Waals surface area contributed by atoms with E-state index in [1.54, 1.807) is 33.8 Å². The summed E-state index contributed by atoms with van der Waals surface area (Å²) in [6.45, 7) is 16.7. The highest BCUT2D eigenvalue weighted by Gasteiger charge is 2.41. The molecule has 15 heteroatoms. The van der Waals surface area contributed by atoms with Crippen LogP contribution in [0.15, 0.2) is 48.5 Å². The summed E-state index contributed by atoms with van der Waals surface area (Å²) in [7, 11) is 0. The number of ketones is 1.